The highest BCUT2D eigenvalue weighted by atomic mass is 35.5. The van der Waals surface area contributed by atoms with E-state index in [4.69, 9.17) is 11.6 Å². The maximum Gasteiger partial charge on any atom is 0.318 e. The van der Waals surface area contributed by atoms with Crippen molar-refractivity contribution >= 4 is 23.7 Å². The predicted octanol–water partition coefficient (Wildman–Crippen LogP) is 4.16. The molecule has 0 aliphatic heterocycles. The van der Waals surface area contributed by atoms with Crippen molar-refractivity contribution in [3.8, 4) is 0 Å². The van der Waals surface area contributed by atoms with Crippen molar-refractivity contribution in [1.82, 2.24) is 10.6 Å². The summed E-state index contributed by atoms with van der Waals surface area (Å²) in [4.78, 5) is 11.7. The van der Waals surface area contributed by atoms with E-state index < -0.39 is 0 Å². The summed E-state index contributed by atoms with van der Waals surface area (Å²) >= 11 is 5.92. The number of urea groups is 1. The van der Waals surface area contributed by atoms with Gasteiger partial charge in [0.15, 0.2) is 0 Å². The maximum atomic E-state index is 11.7. The molecule has 0 aliphatic carbocycles. The largest absolute Gasteiger partial charge is 0.338 e. The first-order valence-electron chi connectivity index (χ1n) is 7.15. The van der Waals surface area contributed by atoms with Crippen LogP contribution in [0.5, 0.6) is 0 Å². The van der Waals surface area contributed by atoms with Crippen LogP contribution in [0, 0.1) is 6.92 Å². The Balaban J connectivity index is 1.72. The Morgan fingerprint density at radius 2 is 2.00 bits per heavy atom. The van der Waals surface area contributed by atoms with Gasteiger partial charge < -0.3 is 10.6 Å². The molecule has 22 heavy (non-hydrogen) atoms. The van der Waals surface area contributed by atoms with Gasteiger partial charge in [0.2, 0.25) is 0 Å². The lowest BCUT2D eigenvalue weighted by atomic mass is 10.1. The van der Waals surface area contributed by atoms with E-state index in [1.54, 1.807) is 6.20 Å². The molecule has 0 saturated heterocycles. The van der Waals surface area contributed by atoms with Gasteiger partial charge in [-0.3, -0.25) is 0 Å². The molecular weight excluding hydrogens is 296 g/mol. The summed E-state index contributed by atoms with van der Waals surface area (Å²) in [5.41, 5.74) is 3.34. The minimum atomic E-state index is -0.217. The fraction of sp³-hybridized carbons (Fsp3) is 0.167. The van der Waals surface area contributed by atoms with Crippen LogP contribution in [0.1, 0.15) is 16.7 Å². The number of hydrogen-bond acceptors (Lipinski definition) is 1. The highest BCUT2D eigenvalue weighted by Crippen LogP contribution is 2.10. The minimum absolute atomic E-state index is 0.217. The summed E-state index contributed by atoms with van der Waals surface area (Å²) in [5, 5.41) is 6.21. The predicted molar refractivity (Wildman–Crippen MR) is 91.9 cm³/mol. The van der Waals surface area contributed by atoms with Crippen molar-refractivity contribution in [2.24, 2.45) is 0 Å². The second kappa shape index (κ2) is 8.25. The lowest BCUT2D eigenvalue weighted by Crippen LogP contribution is -2.33. The van der Waals surface area contributed by atoms with Crippen LogP contribution in [0.25, 0.3) is 6.08 Å². The first-order chi connectivity index (χ1) is 10.6. The van der Waals surface area contributed by atoms with Crippen LogP contribution in [0.15, 0.2) is 54.7 Å². The van der Waals surface area contributed by atoms with Crippen LogP contribution in [-0.4, -0.2) is 12.6 Å². The van der Waals surface area contributed by atoms with Crippen molar-refractivity contribution in [1.29, 1.82) is 0 Å². The molecule has 4 heteroatoms. The van der Waals surface area contributed by atoms with Gasteiger partial charge in [-0.2, -0.15) is 0 Å². The van der Waals surface area contributed by atoms with Crippen LogP contribution < -0.4 is 10.6 Å². The number of halogens is 1. The summed E-state index contributed by atoms with van der Waals surface area (Å²) in [7, 11) is 0. The minimum Gasteiger partial charge on any atom is -0.338 e. The zero-order valence-corrected chi connectivity index (χ0v) is 13.2. The third-order valence-corrected chi connectivity index (χ3v) is 3.36. The zero-order chi connectivity index (χ0) is 15.8. The van der Waals surface area contributed by atoms with Crippen LogP contribution >= 0.6 is 11.6 Å². The number of benzene rings is 2. The van der Waals surface area contributed by atoms with Gasteiger partial charge in [-0.05, 0) is 42.7 Å². The molecule has 2 aromatic rings. The first kappa shape index (κ1) is 16.1. The number of carbonyl (C=O) groups excluding carboxylic acids is 1. The van der Waals surface area contributed by atoms with Gasteiger partial charge in [-0.15, -0.1) is 0 Å². The first-order valence-corrected chi connectivity index (χ1v) is 7.53. The van der Waals surface area contributed by atoms with E-state index in [2.05, 4.69) is 16.7 Å². The molecule has 114 valence electrons. The highest BCUT2D eigenvalue weighted by molar-refractivity contribution is 6.30. The van der Waals surface area contributed by atoms with Crippen molar-refractivity contribution in [2.75, 3.05) is 6.54 Å². The molecule has 0 bridgehead atoms. The monoisotopic (exact) mass is 314 g/mol. The molecular formula is C18H19ClN2O. The smallest absolute Gasteiger partial charge is 0.318 e. The fourth-order valence-electron chi connectivity index (χ4n) is 2.05. The molecule has 0 fully saturated rings. The van der Waals surface area contributed by atoms with Gasteiger partial charge in [0.1, 0.15) is 0 Å². The third-order valence-electron chi connectivity index (χ3n) is 3.12. The number of nitrogens with one attached hydrogen (secondary N) is 2. The third kappa shape index (κ3) is 5.62. The van der Waals surface area contributed by atoms with Crippen LogP contribution in [-0.2, 0) is 6.42 Å². The lowest BCUT2D eigenvalue weighted by molar-refractivity contribution is 0.244. The Kier molecular flexibility index (Phi) is 6.04. The molecule has 2 N–H and O–H groups in total. The molecule has 0 saturated carbocycles. The SMILES string of the molecule is Cc1cccc(/C=C/NC(=O)NCCc2cccc(Cl)c2)c1. The summed E-state index contributed by atoms with van der Waals surface area (Å²) in [6.07, 6.45) is 4.25. The van der Waals surface area contributed by atoms with Crippen molar-refractivity contribution in [3.63, 3.8) is 0 Å². The Morgan fingerprint density at radius 1 is 1.18 bits per heavy atom. The van der Waals surface area contributed by atoms with Crippen LogP contribution in [0.3, 0.4) is 0 Å². The topological polar surface area (TPSA) is 41.1 Å². The Hall–Kier alpha value is -2.26. The Bertz CT molecular complexity index is 668. The van der Waals surface area contributed by atoms with E-state index in [-0.39, 0.29) is 6.03 Å². The van der Waals surface area contributed by atoms with Crippen molar-refractivity contribution in [3.05, 3.63) is 76.4 Å². The van der Waals surface area contributed by atoms with E-state index in [0.717, 1.165) is 17.5 Å². The average molecular weight is 315 g/mol. The second-order valence-electron chi connectivity index (χ2n) is 5.03. The molecule has 0 heterocycles. The molecule has 0 unspecified atom stereocenters. The molecule has 3 nitrogen and oxygen atoms in total. The lowest BCUT2D eigenvalue weighted by Gasteiger charge is -2.05. The molecule has 0 spiro atoms. The second-order valence-corrected chi connectivity index (χ2v) is 5.46. The van der Waals surface area contributed by atoms with Crippen LogP contribution in [0.4, 0.5) is 4.79 Å². The molecule has 2 rings (SSSR count). The Morgan fingerprint density at radius 3 is 2.77 bits per heavy atom. The van der Waals surface area contributed by atoms with Crippen molar-refractivity contribution < 1.29 is 4.79 Å². The van der Waals surface area contributed by atoms with Gasteiger partial charge in [0.05, 0.1) is 0 Å². The van der Waals surface area contributed by atoms with Crippen LogP contribution in [0.2, 0.25) is 5.02 Å². The number of hydrogen-bond donors (Lipinski definition) is 2. The fourth-order valence-corrected chi connectivity index (χ4v) is 2.26. The number of aryl methyl sites for hydroxylation is 1. The van der Waals surface area contributed by atoms with Gasteiger partial charge >= 0.3 is 6.03 Å². The molecule has 2 amide bonds. The quantitative estimate of drug-likeness (QED) is 0.854. The zero-order valence-electron chi connectivity index (χ0n) is 12.5. The molecule has 2 aromatic carbocycles. The highest BCUT2D eigenvalue weighted by Gasteiger charge is 1.98. The van der Waals surface area contributed by atoms with E-state index in [1.807, 2.05) is 55.5 Å². The van der Waals surface area contributed by atoms with Gasteiger partial charge in [0.25, 0.3) is 0 Å². The summed E-state index contributed by atoms with van der Waals surface area (Å²) in [5.74, 6) is 0. The maximum absolute atomic E-state index is 11.7. The Labute approximate surface area is 136 Å². The van der Waals surface area contributed by atoms with E-state index in [1.165, 1.54) is 5.56 Å². The van der Waals surface area contributed by atoms with Gasteiger partial charge in [-0.25, -0.2) is 4.79 Å². The number of amides is 2. The van der Waals surface area contributed by atoms with Gasteiger partial charge in [0, 0.05) is 17.8 Å². The normalized spacial score (nSPS) is 10.6. The standard InChI is InChI=1S/C18H19ClN2O/c1-14-4-2-5-15(12-14)8-10-20-18(22)21-11-9-16-6-3-7-17(19)13-16/h2-8,10,12-13H,9,11H2,1H3,(H2,20,21,22)/b10-8+. The van der Waals surface area contributed by atoms with Crippen molar-refractivity contribution in [2.45, 2.75) is 13.3 Å². The number of rotatable bonds is 5. The summed E-state index contributed by atoms with van der Waals surface area (Å²) < 4.78 is 0. The average Bonchev–Trinajstić information content (AvgIpc) is 2.47. The molecule has 0 aliphatic rings. The molecule has 0 radical (unpaired) electrons. The molecule has 0 atom stereocenters. The van der Waals surface area contributed by atoms with E-state index in [0.29, 0.717) is 11.6 Å². The number of carbonyl (C=O) groups is 1. The van der Waals surface area contributed by atoms with E-state index >= 15 is 0 Å². The summed E-state index contributed by atoms with van der Waals surface area (Å²) in [6.45, 7) is 2.60. The van der Waals surface area contributed by atoms with Gasteiger partial charge in [-0.1, -0.05) is 53.6 Å². The summed E-state index contributed by atoms with van der Waals surface area (Å²) in [6, 6.07) is 15.5. The van der Waals surface area contributed by atoms with E-state index in [9.17, 15) is 4.79 Å². The molecule has 0 aromatic heterocycles.